The zero-order chi connectivity index (χ0) is 20.5. The van der Waals surface area contributed by atoms with Crippen molar-refractivity contribution in [2.24, 2.45) is 0 Å². The van der Waals surface area contributed by atoms with Gasteiger partial charge in [-0.3, -0.25) is 9.10 Å². The van der Waals surface area contributed by atoms with Gasteiger partial charge in [0.15, 0.2) is 0 Å². The number of rotatable bonds is 4. The smallest absolute Gasteiger partial charge is 0.254 e. The van der Waals surface area contributed by atoms with E-state index in [-0.39, 0.29) is 22.4 Å². The molecule has 9 heteroatoms. The predicted molar refractivity (Wildman–Crippen MR) is 109 cm³/mol. The minimum atomic E-state index is -3.51. The summed E-state index contributed by atoms with van der Waals surface area (Å²) in [6.07, 6.45) is 1.07. The Hall–Kier alpha value is -2.32. The summed E-state index contributed by atoms with van der Waals surface area (Å²) in [6, 6.07) is 11.1. The zero-order valence-electron chi connectivity index (χ0n) is 15.6. The van der Waals surface area contributed by atoms with E-state index in [1.807, 2.05) is 4.90 Å². The maximum Gasteiger partial charge on any atom is 0.254 e. The fourth-order valence-corrected chi connectivity index (χ4v) is 3.91. The molecule has 2 aromatic carbocycles. The summed E-state index contributed by atoms with van der Waals surface area (Å²) >= 11 is 6.12. The molecular formula is C19H21ClFN3O3S. The SMILES string of the molecule is CN(c1cc(C(=O)N2CCN(c3ccccc3F)CC2)ccc1Cl)S(C)(=O)=O. The molecule has 0 spiro atoms. The number of amides is 1. The Morgan fingerprint density at radius 3 is 2.36 bits per heavy atom. The normalized spacial score (nSPS) is 14.9. The van der Waals surface area contributed by atoms with Crippen molar-refractivity contribution < 1.29 is 17.6 Å². The van der Waals surface area contributed by atoms with Crippen LogP contribution in [-0.2, 0) is 10.0 Å². The highest BCUT2D eigenvalue weighted by Crippen LogP contribution is 2.28. The molecule has 0 aromatic heterocycles. The van der Waals surface area contributed by atoms with Gasteiger partial charge in [-0.05, 0) is 30.3 Å². The minimum Gasteiger partial charge on any atom is -0.366 e. The molecule has 150 valence electrons. The lowest BCUT2D eigenvalue weighted by molar-refractivity contribution is 0.0746. The van der Waals surface area contributed by atoms with Crippen molar-refractivity contribution in [3.8, 4) is 0 Å². The van der Waals surface area contributed by atoms with Crippen molar-refractivity contribution in [1.29, 1.82) is 0 Å². The summed E-state index contributed by atoms with van der Waals surface area (Å²) in [4.78, 5) is 16.4. The lowest BCUT2D eigenvalue weighted by Crippen LogP contribution is -2.49. The highest BCUT2D eigenvalue weighted by molar-refractivity contribution is 7.92. The van der Waals surface area contributed by atoms with E-state index < -0.39 is 10.0 Å². The van der Waals surface area contributed by atoms with Crippen LogP contribution in [0.1, 0.15) is 10.4 Å². The van der Waals surface area contributed by atoms with Crippen molar-refractivity contribution in [2.75, 3.05) is 48.7 Å². The van der Waals surface area contributed by atoms with Crippen molar-refractivity contribution in [1.82, 2.24) is 4.90 Å². The van der Waals surface area contributed by atoms with Crippen LogP contribution in [0.3, 0.4) is 0 Å². The van der Waals surface area contributed by atoms with Gasteiger partial charge in [0.05, 0.1) is 22.7 Å². The van der Waals surface area contributed by atoms with Crippen LogP contribution in [0.2, 0.25) is 5.02 Å². The van der Waals surface area contributed by atoms with Crippen molar-refractivity contribution in [2.45, 2.75) is 0 Å². The largest absolute Gasteiger partial charge is 0.366 e. The minimum absolute atomic E-state index is 0.215. The van der Waals surface area contributed by atoms with Crippen LogP contribution in [0.15, 0.2) is 42.5 Å². The van der Waals surface area contributed by atoms with Gasteiger partial charge < -0.3 is 9.80 Å². The highest BCUT2D eigenvalue weighted by Gasteiger charge is 2.25. The van der Waals surface area contributed by atoms with Gasteiger partial charge in [0.1, 0.15) is 5.82 Å². The van der Waals surface area contributed by atoms with Gasteiger partial charge in [-0.1, -0.05) is 23.7 Å². The second-order valence-electron chi connectivity index (χ2n) is 6.63. The number of nitrogens with zero attached hydrogens (tertiary/aromatic N) is 3. The van der Waals surface area contributed by atoms with Gasteiger partial charge in [-0.25, -0.2) is 12.8 Å². The maximum atomic E-state index is 14.0. The summed E-state index contributed by atoms with van der Waals surface area (Å²) in [7, 11) is -2.12. The van der Waals surface area contributed by atoms with Gasteiger partial charge in [0, 0.05) is 38.8 Å². The van der Waals surface area contributed by atoms with E-state index in [2.05, 4.69) is 0 Å². The van der Waals surface area contributed by atoms with E-state index >= 15 is 0 Å². The van der Waals surface area contributed by atoms with Gasteiger partial charge in [0.25, 0.3) is 5.91 Å². The molecule has 1 fully saturated rings. The first-order valence-corrected chi connectivity index (χ1v) is 10.9. The number of sulfonamides is 1. The fourth-order valence-electron chi connectivity index (χ4n) is 3.11. The lowest BCUT2D eigenvalue weighted by Gasteiger charge is -2.36. The van der Waals surface area contributed by atoms with Crippen molar-refractivity contribution in [3.05, 3.63) is 58.9 Å². The molecule has 2 aromatic rings. The molecule has 3 rings (SSSR count). The third-order valence-corrected chi connectivity index (χ3v) is 6.30. The molecule has 1 aliphatic rings. The van der Waals surface area contributed by atoms with Crippen molar-refractivity contribution in [3.63, 3.8) is 0 Å². The maximum absolute atomic E-state index is 14.0. The first kappa shape index (κ1) is 20.4. The van der Waals surface area contributed by atoms with Crippen LogP contribution in [0.25, 0.3) is 0 Å². The third-order valence-electron chi connectivity index (χ3n) is 4.79. The highest BCUT2D eigenvalue weighted by atomic mass is 35.5. The summed E-state index contributed by atoms with van der Waals surface area (Å²) in [5.74, 6) is -0.499. The predicted octanol–water partition coefficient (Wildman–Crippen LogP) is 2.84. The van der Waals surface area contributed by atoms with E-state index in [4.69, 9.17) is 11.6 Å². The molecule has 0 aliphatic carbocycles. The van der Waals surface area contributed by atoms with E-state index in [1.54, 1.807) is 29.2 Å². The Bertz CT molecular complexity index is 992. The molecule has 0 radical (unpaired) electrons. The van der Waals surface area contributed by atoms with Crippen LogP contribution in [0.4, 0.5) is 15.8 Å². The molecule has 6 nitrogen and oxygen atoms in total. The Labute approximate surface area is 169 Å². The van der Waals surface area contributed by atoms with Crippen LogP contribution in [0.5, 0.6) is 0 Å². The number of benzene rings is 2. The number of carbonyl (C=O) groups excluding carboxylic acids is 1. The van der Waals surface area contributed by atoms with E-state index in [0.717, 1.165) is 10.6 Å². The molecule has 1 amide bonds. The van der Waals surface area contributed by atoms with Crippen LogP contribution in [0, 0.1) is 5.82 Å². The molecule has 1 aliphatic heterocycles. The number of piperazine rings is 1. The van der Waals surface area contributed by atoms with Crippen LogP contribution >= 0.6 is 11.6 Å². The molecule has 0 bridgehead atoms. The van der Waals surface area contributed by atoms with Gasteiger partial charge in [0.2, 0.25) is 10.0 Å². The first-order valence-electron chi connectivity index (χ1n) is 8.70. The number of halogens is 2. The summed E-state index contributed by atoms with van der Waals surface area (Å²) in [6.45, 7) is 1.90. The molecular weight excluding hydrogens is 405 g/mol. The Balaban J connectivity index is 1.74. The van der Waals surface area contributed by atoms with Crippen LogP contribution in [-0.4, -0.2) is 58.7 Å². The van der Waals surface area contributed by atoms with Crippen molar-refractivity contribution >= 4 is 38.9 Å². The topological polar surface area (TPSA) is 60.9 Å². The number of hydrogen-bond donors (Lipinski definition) is 0. The van der Waals surface area contributed by atoms with Crippen LogP contribution < -0.4 is 9.21 Å². The Kier molecular flexibility index (Phi) is 5.81. The third kappa shape index (κ3) is 4.23. The Morgan fingerprint density at radius 2 is 1.75 bits per heavy atom. The number of hydrogen-bond acceptors (Lipinski definition) is 4. The zero-order valence-corrected chi connectivity index (χ0v) is 17.2. The number of anilines is 2. The average Bonchev–Trinajstić information content (AvgIpc) is 2.67. The summed E-state index contributed by atoms with van der Waals surface area (Å²) in [5, 5.41) is 0.244. The molecule has 0 unspecified atom stereocenters. The number of carbonyl (C=O) groups is 1. The fraction of sp³-hybridized carbons (Fsp3) is 0.316. The first-order chi connectivity index (χ1) is 13.2. The molecule has 0 atom stereocenters. The van der Waals surface area contributed by atoms with Gasteiger partial charge in [-0.15, -0.1) is 0 Å². The number of para-hydroxylation sites is 1. The van der Waals surface area contributed by atoms with E-state index in [9.17, 15) is 17.6 Å². The molecule has 0 saturated carbocycles. The average molecular weight is 426 g/mol. The van der Waals surface area contributed by atoms with Gasteiger partial charge in [-0.2, -0.15) is 0 Å². The van der Waals surface area contributed by atoms with E-state index in [0.29, 0.717) is 37.4 Å². The summed E-state index contributed by atoms with van der Waals surface area (Å²) < 4.78 is 38.6. The monoisotopic (exact) mass is 425 g/mol. The molecule has 0 N–H and O–H groups in total. The second kappa shape index (κ2) is 7.97. The molecule has 1 saturated heterocycles. The standard InChI is InChI=1S/C19H21ClFN3O3S/c1-22(28(2,26)27)18-13-14(7-8-15(18)20)19(25)24-11-9-23(10-12-24)17-6-4-3-5-16(17)21/h3-8,13H,9-12H2,1-2H3. The lowest BCUT2D eigenvalue weighted by atomic mass is 10.1. The van der Waals surface area contributed by atoms with E-state index in [1.165, 1.54) is 25.2 Å². The van der Waals surface area contributed by atoms with Gasteiger partial charge >= 0.3 is 0 Å². The quantitative estimate of drug-likeness (QED) is 0.755. The molecule has 28 heavy (non-hydrogen) atoms. The Morgan fingerprint density at radius 1 is 1.11 bits per heavy atom. The second-order valence-corrected chi connectivity index (χ2v) is 9.05. The summed E-state index contributed by atoms with van der Waals surface area (Å²) in [5.41, 5.74) is 1.13. The molecule has 1 heterocycles.